The SMILES string of the molecule is COc1ccc(S(=O)(=O)N(CC(=O)N(Cc2ccc(Cl)c(Cl)c2)[C@@H](Cc2ccccc2)C(=O)NC2CCCCC2)c2ccc(F)cc2)cc1. The van der Waals surface area contributed by atoms with Crippen molar-refractivity contribution in [3.05, 3.63) is 124 Å². The summed E-state index contributed by atoms with van der Waals surface area (Å²) in [7, 11) is -2.90. The molecule has 12 heteroatoms. The third-order valence-corrected chi connectivity index (χ3v) is 11.1. The number of benzene rings is 4. The van der Waals surface area contributed by atoms with Crippen LogP contribution in [-0.4, -0.2) is 50.9 Å². The largest absolute Gasteiger partial charge is 0.497 e. The number of ether oxygens (including phenoxy) is 1. The van der Waals surface area contributed by atoms with Gasteiger partial charge in [-0.15, -0.1) is 0 Å². The number of hydrogen-bond donors (Lipinski definition) is 1. The van der Waals surface area contributed by atoms with Crippen molar-refractivity contribution >= 4 is 50.7 Å². The van der Waals surface area contributed by atoms with Crippen molar-refractivity contribution in [2.45, 2.75) is 62.0 Å². The monoisotopic (exact) mass is 725 g/mol. The van der Waals surface area contributed by atoms with Crippen molar-refractivity contribution in [2.24, 2.45) is 0 Å². The number of rotatable bonds is 13. The van der Waals surface area contributed by atoms with Crippen molar-refractivity contribution in [3.63, 3.8) is 0 Å². The molecule has 2 amide bonds. The molecular formula is C37H38Cl2FN3O5S. The van der Waals surface area contributed by atoms with Crippen LogP contribution in [0.2, 0.25) is 10.0 Å². The van der Waals surface area contributed by atoms with E-state index in [1.54, 1.807) is 18.2 Å². The maximum absolute atomic E-state index is 14.6. The molecule has 5 rings (SSSR count). The van der Waals surface area contributed by atoms with Crippen LogP contribution < -0.4 is 14.4 Å². The van der Waals surface area contributed by atoms with Crippen LogP contribution in [0.1, 0.15) is 43.2 Å². The summed E-state index contributed by atoms with van der Waals surface area (Å²) in [6.45, 7) is -0.742. The van der Waals surface area contributed by atoms with E-state index in [-0.39, 0.29) is 40.5 Å². The Labute approximate surface area is 296 Å². The Hall–Kier alpha value is -4.12. The van der Waals surface area contributed by atoms with Gasteiger partial charge in [-0.2, -0.15) is 0 Å². The molecular weight excluding hydrogens is 688 g/mol. The molecule has 1 aliphatic carbocycles. The molecule has 0 aliphatic heterocycles. The zero-order chi connectivity index (χ0) is 35.0. The van der Waals surface area contributed by atoms with E-state index in [4.69, 9.17) is 27.9 Å². The number of amides is 2. The molecule has 49 heavy (non-hydrogen) atoms. The van der Waals surface area contributed by atoms with Gasteiger partial charge in [0.05, 0.1) is 27.7 Å². The Balaban J connectivity index is 1.57. The molecule has 258 valence electrons. The lowest BCUT2D eigenvalue weighted by Gasteiger charge is -2.35. The summed E-state index contributed by atoms with van der Waals surface area (Å²) < 4.78 is 48.5. The number of carbonyl (C=O) groups is 2. The summed E-state index contributed by atoms with van der Waals surface area (Å²) >= 11 is 12.6. The van der Waals surface area contributed by atoms with E-state index in [0.29, 0.717) is 16.3 Å². The Morgan fingerprint density at radius 2 is 1.55 bits per heavy atom. The predicted molar refractivity (Wildman–Crippen MR) is 190 cm³/mol. The van der Waals surface area contributed by atoms with Crippen LogP contribution in [0.25, 0.3) is 0 Å². The fourth-order valence-electron chi connectivity index (χ4n) is 5.94. The summed E-state index contributed by atoms with van der Waals surface area (Å²) in [5.41, 5.74) is 1.49. The minimum absolute atomic E-state index is 0.0346. The van der Waals surface area contributed by atoms with Crippen molar-refractivity contribution in [2.75, 3.05) is 18.0 Å². The number of hydrogen-bond acceptors (Lipinski definition) is 5. The van der Waals surface area contributed by atoms with E-state index in [1.807, 2.05) is 30.3 Å². The van der Waals surface area contributed by atoms with Crippen molar-refractivity contribution in [1.29, 1.82) is 0 Å². The van der Waals surface area contributed by atoms with Crippen molar-refractivity contribution in [1.82, 2.24) is 10.2 Å². The van der Waals surface area contributed by atoms with Gasteiger partial charge in [-0.3, -0.25) is 13.9 Å². The maximum atomic E-state index is 14.6. The van der Waals surface area contributed by atoms with Crippen LogP contribution in [0, 0.1) is 5.82 Å². The third kappa shape index (κ3) is 9.32. The molecule has 0 bridgehead atoms. The molecule has 1 aliphatic rings. The average Bonchev–Trinajstić information content (AvgIpc) is 3.11. The van der Waals surface area contributed by atoms with Gasteiger partial charge in [0.2, 0.25) is 11.8 Å². The Bertz CT molecular complexity index is 1840. The Morgan fingerprint density at radius 3 is 2.18 bits per heavy atom. The van der Waals surface area contributed by atoms with E-state index in [9.17, 15) is 22.4 Å². The lowest BCUT2D eigenvalue weighted by Crippen LogP contribution is -2.55. The van der Waals surface area contributed by atoms with Gasteiger partial charge in [-0.25, -0.2) is 12.8 Å². The lowest BCUT2D eigenvalue weighted by atomic mass is 9.94. The number of anilines is 1. The van der Waals surface area contributed by atoms with Crippen molar-refractivity contribution < 1.29 is 27.1 Å². The average molecular weight is 727 g/mol. The van der Waals surface area contributed by atoms with Gasteiger partial charge >= 0.3 is 0 Å². The topological polar surface area (TPSA) is 96.0 Å². The minimum atomic E-state index is -4.36. The van der Waals surface area contributed by atoms with Gasteiger partial charge in [0.15, 0.2) is 0 Å². The first-order chi connectivity index (χ1) is 23.5. The molecule has 1 N–H and O–H groups in total. The smallest absolute Gasteiger partial charge is 0.264 e. The van der Waals surface area contributed by atoms with E-state index >= 15 is 0 Å². The van der Waals surface area contributed by atoms with E-state index in [1.165, 1.54) is 48.4 Å². The van der Waals surface area contributed by atoms with Gasteiger partial charge in [0.1, 0.15) is 24.2 Å². The number of nitrogens with one attached hydrogen (secondary N) is 1. The number of halogens is 3. The molecule has 4 aromatic rings. The molecule has 0 spiro atoms. The van der Waals surface area contributed by atoms with Gasteiger partial charge < -0.3 is 15.0 Å². The summed E-state index contributed by atoms with van der Waals surface area (Å²) in [5.74, 6) is -1.10. The molecule has 1 atom stereocenters. The fourth-order valence-corrected chi connectivity index (χ4v) is 7.68. The molecule has 0 aromatic heterocycles. The zero-order valence-corrected chi connectivity index (χ0v) is 29.4. The summed E-state index contributed by atoms with van der Waals surface area (Å²) in [5, 5.41) is 3.77. The first kappa shape index (κ1) is 36.2. The molecule has 1 fully saturated rings. The number of carbonyl (C=O) groups excluding carboxylic acids is 2. The number of sulfonamides is 1. The summed E-state index contributed by atoms with van der Waals surface area (Å²) in [6.07, 6.45) is 4.94. The normalized spacial score (nSPS) is 14.1. The highest BCUT2D eigenvalue weighted by atomic mass is 35.5. The molecule has 0 heterocycles. The second-order valence-corrected chi connectivity index (χ2v) is 14.7. The van der Waals surface area contributed by atoms with Crippen molar-refractivity contribution in [3.8, 4) is 5.75 Å². The standard InChI is InChI=1S/C37H38Cl2FN3O5S/c1-48-31-17-19-32(20-18-31)49(46,47)43(30-15-13-28(40)14-16-30)25-36(44)42(24-27-12-21-33(38)34(39)22-27)35(23-26-8-4-2-5-9-26)37(45)41-29-10-6-3-7-11-29/h2,4-5,8-9,12-22,29,35H,3,6-7,10-11,23-25H2,1H3,(H,41,45)/t35-/m0/s1. The highest BCUT2D eigenvalue weighted by Gasteiger charge is 2.35. The third-order valence-electron chi connectivity index (χ3n) is 8.60. The maximum Gasteiger partial charge on any atom is 0.264 e. The van der Waals surface area contributed by atoms with Gasteiger partial charge in [-0.05, 0) is 84.6 Å². The van der Waals surface area contributed by atoms with Crippen LogP contribution >= 0.6 is 23.2 Å². The van der Waals surface area contributed by atoms with E-state index < -0.39 is 34.3 Å². The Morgan fingerprint density at radius 1 is 0.878 bits per heavy atom. The first-order valence-electron chi connectivity index (χ1n) is 16.0. The summed E-state index contributed by atoms with van der Waals surface area (Å²) in [4.78, 5) is 30.1. The summed E-state index contributed by atoms with van der Waals surface area (Å²) in [6, 6.07) is 23.8. The number of methoxy groups -OCH3 is 1. The van der Waals surface area contributed by atoms with Gasteiger partial charge in [-0.1, -0.05) is 78.9 Å². The fraction of sp³-hybridized carbons (Fsp3) is 0.297. The quantitative estimate of drug-likeness (QED) is 0.155. The highest BCUT2D eigenvalue weighted by molar-refractivity contribution is 7.92. The second kappa shape index (κ2) is 16.5. The lowest BCUT2D eigenvalue weighted by molar-refractivity contribution is -0.140. The molecule has 4 aromatic carbocycles. The first-order valence-corrected chi connectivity index (χ1v) is 18.2. The van der Waals surface area contributed by atoms with Crippen LogP contribution in [0.4, 0.5) is 10.1 Å². The predicted octanol–water partition coefficient (Wildman–Crippen LogP) is 7.43. The van der Waals surface area contributed by atoms with E-state index in [2.05, 4.69) is 5.32 Å². The van der Waals surface area contributed by atoms with Crippen LogP contribution in [0.15, 0.2) is 102 Å². The molecule has 8 nitrogen and oxygen atoms in total. The zero-order valence-electron chi connectivity index (χ0n) is 27.0. The number of nitrogens with zero attached hydrogens (tertiary/aromatic N) is 2. The van der Waals surface area contributed by atoms with E-state index in [0.717, 1.165) is 54.1 Å². The molecule has 1 saturated carbocycles. The highest BCUT2D eigenvalue weighted by Crippen LogP contribution is 2.28. The van der Waals surface area contributed by atoms with Gasteiger partial charge in [0.25, 0.3) is 10.0 Å². The van der Waals surface area contributed by atoms with Gasteiger partial charge in [0, 0.05) is 19.0 Å². The van der Waals surface area contributed by atoms with Crippen LogP contribution in [0.5, 0.6) is 5.75 Å². The molecule has 0 saturated heterocycles. The molecule has 0 unspecified atom stereocenters. The van der Waals surface area contributed by atoms with Crippen LogP contribution in [-0.2, 0) is 32.6 Å². The Kier molecular flexibility index (Phi) is 12.2. The second-order valence-electron chi connectivity index (χ2n) is 12.0. The molecule has 0 radical (unpaired) electrons. The van der Waals surface area contributed by atoms with Crippen LogP contribution in [0.3, 0.4) is 0 Å². The minimum Gasteiger partial charge on any atom is -0.497 e.